The number of halogens is 1. The van der Waals surface area contributed by atoms with Gasteiger partial charge in [0.15, 0.2) is 0 Å². The van der Waals surface area contributed by atoms with E-state index in [0.717, 1.165) is 0 Å². The molecule has 0 unspecified atom stereocenters. The molecular weight excluding hydrogens is 188 g/mol. The Balaban J connectivity index is 3.17. The number of amides is 1. The molecule has 69 valence electrons. The van der Waals surface area contributed by atoms with Crippen molar-refractivity contribution in [1.82, 2.24) is 0 Å². The Labute approximate surface area is 81.7 Å². The van der Waals surface area contributed by atoms with Crippen LogP contribution in [0.2, 0.25) is 5.02 Å². The minimum absolute atomic E-state index is 0.328. The van der Waals surface area contributed by atoms with Gasteiger partial charge < -0.3 is 11.5 Å². The van der Waals surface area contributed by atoms with Crippen LogP contribution in [-0.4, -0.2) is 12.5 Å². The van der Waals surface area contributed by atoms with Gasteiger partial charge in [0.05, 0.1) is 10.6 Å². The SMILES string of the molecule is NC[CH]c1cccc(Cl)c1C(N)=O. The summed E-state index contributed by atoms with van der Waals surface area (Å²) in [6, 6.07) is 5.12. The van der Waals surface area contributed by atoms with E-state index in [4.69, 9.17) is 23.1 Å². The first-order chi connectivity index (χ1) is 6.16. The van der Waals surface area contributed by atoms with Crippen LogP contribution in [0.1, 0.15) is 15.9 Å². The third-order valence-corrected chi connectivity index (χ3v) is 1.94. The lowest BCUT2D eigenvalue weighted by molar-refractivity contribution is 0.1000. The molecule has 0 bridgehead atoms. The molecule has 0 saturated carbocycles. The fourth-order valence-electron chi connectivity index (χ4n) is 1.10. The van der Waals surface area contributed by atoms with E-state index in [0.29, 0.717) is 22.7 Å². The third-order valence-electron chi connectivity index (χ3n) is 1.63. The van der Waals surface area contributed by atoms with E-state index in [1.54, 1.807) is 24.6 Å². The van der Waals surface area contributed by atoms with Gasteiger partial charge in [0.1, 0.15) is 0 Å². The molecule has 4 N–H and O–H groups in total. The number of hydrogen-bond donors (Lipinski definition) is 2. The van der Waals surface area contributed by atoms with E-state index in [2.05, 4.69) is 0 Å². The maximum atomic E-state index is 11.0. The van der Waals surface area contributed by atoms with Crippen LogP contribution in [-0.2, 0) is 0 Å². The van der Waals surface area contributed by atoms with E-state index >= 15 is 0 Å². The summed E-state index contributed by atoms with van der Waals surface area (Å²) in [5.41, 5.74) is 11.5. The molecule has 0 aliphatic heterocycles. The van der Waals surface area contributed by atoms with Crippen molar-refractivity contribution < 1.29 is 4.79 Å². The molecule has 0 spiro atoms. The third kappa shape index (κ3) is 2.20. The van der Waals surface area contributed by atoms with Gasteiger partial charge in [0, 0.05) is 6.42 Å². The van der Waals surface area contributed by atoms with Gasteiger partial charge in [-0.05, 0) is 18.2 Å². The zero-order chi connectivity index (χ0) is 9.84. The standard InChI is InChI=1S/C9H10ClN2O/c10-7-3-1-2-6(4-5-11)8(7)9(12)13/h1-4H,5,11H2,(H2,12,13). The molecule has 0 aromatic heterocycles. The minimum atomic E-state index is -0.537. The lowest BCUT2D eigenvalue weighted by Crippen LogP contribution is -2.15. The van der Waals surface area contributed by atoms with Crippen LogP contribution in [0, 0.1) is 6.42 Å². The maximum Gasteiger partial charge on any atom is 0.250 e. The molecule has 0 heterocycles. The highest BCUT2D eigenvalue weighted by atomic mass is 35.5. The van der Waals surface area contributed by atoms with E-state index < -0.39 is 5.91 Å². The highest BCUT2D eigenvalue weighted by molar-refractivity contribution is 6.34. The smallest absolute Gasteiger partial charge is 0.250 e. The number of carbonyl (C=O) groups is 1. The quantitative estimate of drug-likeness (QED) is 0.758. The molecule has 0 saturated heterocycles. The van der Waals surface area contributed by atoms with Crippen LogP contribution in [0.15, 0.2) is 18.2 Å². The fourth-order valence-corrected chi connectivity index (χ4v) is 1.37. The summed E-state index contributed by atoms with van der Waals surface area (Å²) < 4.78 is 0. The lowest BCUT2D eigenvalue weighted by atomic mass is 10.0. The highest BCUT2D eigenvalue weighted by Gasteiger charge is 2.11. The molecule has 0 aliphatic carbocycles. The zero-order valence-corrected chi connectivity index (χ0v) is 7.71. The average molecular weight is 198 g/mol. The van der Waals surface area contributed by atoms with Crippen molar-refractivity contribution in [2.45, 2.75) is 0 Å². The Hall–Kier alpha value is -1.06. The van der Waals surface area contributed by atoms with Crippen LogP contribution >= 0.6 is 11.6 Å². The Kier molecular flexibility index (Phi) is 3.28. The lowest BCUT2D eigenvalue weighted by Gasteiger charge is -2.06. The number of carbonyl (C=O) groups excluding carboxylic acids is 1. The van der Waals surface area contributed by atoms with Gasteiger partial charge in [-0.2, -0.15) is 0 Å². The summed E-state index contributed by atoms with van der Waals surface area (Å²) >= 11 is 5.80. The molecule has 3 nitrogen and oxygen atoms in total. The monoisotopic (exact) mass is 197 g/mol. The fraction of sp³-hybridized carbons (Fsp3) is 0.111. The minimum Gasteiger partial charge on any atom is -0.366 e. The van der Waals surface area contributed by atoms with Gasteiger partial charge in [-0.3, -0.25) is 4.79 Å². The maximum absolute atomic E-state index is 11.0. The van der Waals surface area contributed by atoms with Gasteiger partial charge in [0.25, 0.3) is 5.91 Å². The van der Waals surface area contributed by atoms with Crippen molar-refractivity contribution >= 4 is 17.5 Å². The number of primary amides is 1. The van der Waals surface area contributed by atoms with Crippen molar-refractivity contribution in [3.63, 3.8) is 0 Å². The second-order valence-corrected chi connectivity index (χ2v) is 2.92. The second kappa shape index (κ2) is 4.25. The van der Waals surface area contributed by atoms with Crippen molar-refractivity contribution in [2.75, 3.05) is 6.54 Å². The first-order valence-electron chi connectivity index (χ1n) is 3.78. The Morgan fingerprint density at radius 1 is 1.54 bits per heavy atom. The van der Waals surface area contributed by atoms with E-state index in [9.17, 15) is 4.79 Å². The van der Waals surface area contributed by atoms with E-state index in [1.807, 2.05) is 0 Å². The normalized spacial score (nSPS) is 10.0. The summed E-state index contributed by atoms with van der Waals surface area (Å²) in [5.74, 6) is -0.537. The van der Waals surface area contributed by atoms with Crippen molar-refractivity contribution in [2.24, 2.45) is 11.5 Å². The Bertz CT molecular complexity index is 325. The van der Waals surface area contributed by atoms with Crippen molar-refractivity contribution in [3.8, 4) is 0 Å². The summed E-state index contributed by atoms with van der Waals surface area (Å²) in [4.78, 5) is 11.0. The highest BCUT2D eigenvalue weighted by Crippen LogP contribution is 2.20. The van der Waals surface area contributed by atoms with Gasteiger partial charge in [-0.25, -0.2) is 0 Å². The molecule has 1 aromatic rings. The second-order valence-electron chi connectivity index (χ2n) is 2.51. The number of benzene rings is 1. The number of nitrogens with two attached hydrogens (primary N) is 2. The van der Waals surface area contributed by atoms with E-state index in [1.165, 1.54) is 0 Å². The summed E-state index contributed by atoms with van der Waals surface area (Å²) in [5, 5.41) is 0.356. The van der Waals surface area contributed by atoms with Crippen molar-refractivity contribution in [3.05, 3.63) is 40.8 Å². The largest absolute Gasteiger partial charge is 0.366 e. The molecule has 0 atom stereocenters. The predicted octanol–water partition coefficient (Wildman–Crippen LogP) is 0.950. The Morgan fingerprint density at radius 2 is 2.23 bits per heavy atom. The predicted molar refractivity (Wildman–Crippen MR) is 52.4 cm³/mol. The van der Waals surface area contributed by atoms with Crippen LogP contribution in [0.25, 0.3) is 0 Å². The van der Waals surface area contributed by atoms with E-state index in [-0.39, 0.29) is 0 Å². The molecule has 1 radical (unpaired) electrons. The summed E-state index contributed by atoms with van der Waals surface area (Å²) in [7, 11) is 0. The van der Waals surface area contributed by atoms with Crippen LogP contribution in [0.5, 0.6) is 0 Å². The number of hydrogen-bond acceptors (Lipinski definition) is 2. The molecule has 4 heteroatoms. The molecular formula is C9H10ClN2O. The molecule has 13 heavy (non-hydrogen) atoms. The van der Waals surface area contributed by atoms with Crippen LogP contribution in [0.4, 0.5) is 0 Å². The molecule has 1 rings (SSSR count). The Morgan fingerprint density at radius 3 is 2.77 bits per heavy atom. The molecule has 1 amide bonds. The van der Waals surface area contributed by atoms with Crippen LogP contribution in [0.3, 0.4) is 0 Å². The first-order valence-corrected chi connectivity index (χ1v) is 4.16. The van der Waals surface area contributed by atoms with Crippen LogP contribution < -0.4 is 11.5 Å². The summed E-state index contributed by atoms with van der Waals surface area (Å²) in [6.07, 6.45) is 1.70. The molecule has 1 aromatic carbocycles. The van der Waals surface area contributed by atoms with Crippen molar-refractivity contribution in [1.29, 1.82) is 0 Å². The molecule has 0 aliphatic rings. The van der Waals surface area contributed by atoms with Gasteiger partial charge in [0.2, 0.25) is 0 Å². The topological polar surface area (TPSA) is 69.1 Å². The zero-order valence-electron chi connectivity index (χ0n) is 6.96. The first kappa shape index (κ1) is 10.0. The average Bonchev–Trinajstić information content (AvgIpc) is 2.04. The van der Waals surface area contributed by atoms with Gasteiger partial charge in [-0.1, -0.05) is 23.7 Å². The summed E-state index contributed by atoms with van der Waals surface area (Å²) in [6.45, 7) is 0.348. The number of rotatable bonds is 3. The van der Waals surface area contributed by atoms with Gasteiger partial charge >= 0.3 is 0 Å². The van der Waals surface area contributed by atoms with Gasteiger partial charge in [-0.15, -0.1) is 0 Å². The molecule has 0 fully saturated rings.